The summed E-state index contributed by atoms with van der Waals surface area (Å²) >= 11 is 5.87. The predicted molar refractivity (Wildman–Crippen MR) is 58.3 cm³/mol. The summed E-state index contributed by atoms with van der Waals surface area (Å²) in [7, 11) is 1.54. The molecule has 0 bridgehead atoms. The number of hydrogen-bond acceptors (Lipinski definition) is 4. The van der Waals surface area contributed by atoms with Crippen molar-refractivity contribution >= 4 is 17.9 Å². The summed E-state index contributed by atoms with van der Waals surface area (Å²) in [6, 6.07) is 5.07. The quantitative estimate of drug-likeness (QED) is 0.763. The van der Waals surface area contributed by atoms with E-state index in [-0.39, 0.29) is 5.69 Å². The minimum Gasteiger partial charge on any atom is -0.494 e. The number of methoxy groups -OCH3 is 1. The molecule has 16 heavy (non-hydrogen) atoms. The van der Waals surface area contributed by atoms with Gasteiger partial charge in [-0.25, -0.2) is 0 Å². The van der Waals surface area contributed by atoms with Gasteiger partial charge in [0, 0.05) is 5.02 Å². The van der Waals surface area contributed by atoms with Crippen LogP contribution in [0.2, 0.25) is 5.02 Å². The second-order valence-corrected chi connectivity index (χ2v) is 3.43. The molecule has 5 nitrogen and oxygen atoms in total. The van der Waals surface area contributed by atoms with Crippen LogP contribution in [-0.2, 0) is 0 Å². The van der Waals surface area contributed by atoms with Crippen molar-refractivity contribution in [3.05, 3.63) is 35.1 Å². The van der Waals surface area contributed by atoms with Crippen molar-refractivity contribution < 1.29 is 9.53 Å². The van der Waals surface area contributed by atoms with Crippen LogP contribution >= 0.6 is 11.6 Å². The normalized spacial score (nSPS) is 10.1. The van der Waals surface area contributed by atoms with Gasteiger partial charge in [0.25, 0.3) is 0 Å². The summed E-state index contributed by atoms with van der Waals surface area (Å²) in [5.74, 6) is 0.581. The lowest BCUT2D eigenvalue weighted by molar-refractivity contribution is 0.111. The predicted octanol–water partition coefficient (Wildman–Crippen LogP) is 1.74. The summed E-state index contributed by atoms with van der Waals surface area (Å²) in [6.45, 7) is 0. The zero-order valence-electron chi connectivity index (χ0n) is 8.42. The van der Waals surface area contributed by atoms with Crippen LogP contribution in [0.3, 0.4) is 0 Å². The maximum atomic E-state index is 10.5. The van der Waals surface area contributed by atoms with E-state index in [9.17, 15) is 4.79 Å². The summed E-state index contributed by atoms with van der Waals surface area (Å²) in [5, 5.41) is 8.43. The lowest BCUT2D eigenvalue weighted by Crippen LogP contribution is -2.02. The molecule has 1 aromatic carbocycles. The number of rotatable bonds is 3. The van der Waals surface area contributed by atoms with Gasteiger partial charge in [-0.3, -0.25) is 4.79 Å². The number of aromatic nitrogens is 3. The molecule has 0 fully saturated rings. The average Bonchev–Trinajstić information content (AvgIpc) is 2.77. The molecule has 0 aliphatic heterocycles. The first-order valence-corrected chi connectivity index (χ1v) is 4.84. The number of benzene rings is 1. The van der Waals surface area contributed by atoms with E-state index in [1.165, 1.54) is 18.1 Å². The van der Waals surface area contributed by atoms with Crippen LogP contribution in [0, 0.1) is 0 Å². The minimum absolute atomic E-state index is 0.252. The van der Waals surface area contributed by atoms with E-state index in [0.717, 1.165) is 0 Å². The van der Waals surface area contributed by atoms with Gasteiger partial charge in [0.2, 0.25) is 0 Å². The Labute approximate surface area is 96.6 Å². The van der Waals surface area contributed by atoms with Crippen LogP contribution in [-0.4, -0.2) is 28.4 Å². The molecule has 0 N–H and O–H groups in total. The van der Waals surface area contributed by atoms with Crippen molar-refractivity contribution in [2.45, 2.75) is 0 Å². The maximum Gasteiger partial charge on any atom is 0.171 e. The Hall–Kier alpha value is -1.88. The van der Waals surface area contributed by atoms with Crippen LogP contribution in [0.5, 0.6) is 5.75 Å². The molecule has 2 aromatic rings. The Morgan fingerprint density at radius 3 is 2.94 bits per heavy atom. The van der Waals surface area contributed by atoms with Gasteiger partial charge in [0.15, 0.2) is 6.29 Å². The molecule has 6 heteroatoms. The molecule has 0 aliphatic carbocycles. The smallest absolute Gasteiger partial charge is 0.171 e. The molecule has 0 saturated heterocycles. The van der Waals surface area contributed by atoms with E-state index in [0.29, 0.717) is 22.7 Å². The molecule has 0 radical (unpaired) electrons. The highest BCUT2D eigenvalue weighted by molar-refractivity contribution is 6.30. The van der Waals surface area contributed by atoms with Gasteiger partial charge in [-0.05, 0) is 18.2 Å². The Kier molecular flexibility index (Phi) is 2.87. The number of halogens is 1. The van der Waals surface area contributed by atoms with Crippen molar-refractivity contribution in [3.8, 4) is 11.4 Å². The second-order valence-electron chi connectivity index (χ2n) is 2.99. The Balaban J connectivity index is 2.53. The minimum atomic E-state index is 0.252. The van der Waals surface area contributed by atoms with Crippen LogP contribution in [0.25, 0.3) is 5.69 Å². The number of nitrogens with zero attached hydrogens (tertiary/aromatic N) is 3. The standard InChI is InChI=1S/C10H8ClN3O2/c1-16-10-3-2-7(11)4-9(10)14-12-5-8(6-15)13-14/h2-6H,1H3. The van der Waals surface area contributed by atoms with Gasteiger partial charge in [0.1, 0.15) is 17.1 Å². The van der Waals surface area contributed by atoms with Crippen LogP contribution in [0.1, 0.15) is 10.5 Å². The zero-order chi connectivity index (χ0) is 11.5. The first-order valence-electron chi connectivity index (χ1n) is 4.46. The molecule has 0 atom stereocenters. The molecule has 2 rings (SSSR count). The molecule has 0 unspecified atom stereocenters. The molecular formula is C10H8ClN3O2. The summed E-state index contributed by atoms with van der Waals surface area (Å²) in [4.78, 5) is 11.8. The van der Waals surface area contributed by atoms with Gasteiger partial charge >= 0.3 is 0 Å². The molecule has 0 amide bonds. The van der Waals surface area contributed by atoms with Crippen molar-refractivity contribution in [1.82, 2.24) is 15.0 Å². The number of carbonyl (C=O) groups excluding carboxylic acids is 1. The molecule has 0 saturated carbocycles. The van der Waals surface area contributed by atoms with E-state index >= 15 is 0 Å². The Morgan fingerprint density at radius 2 is 2.31 bits per heavy atom. The third-order valence-electron chi connectivity index (χ3n) is 1.99. The fourth-order valence-corrected chi connectivity index (χ4v) is 1.43. The first-order chi connectivity index (χ1) is 7.74. The van der Waals surface area contributed by atoms with Gasteiger partial charge in [0.05, 0.1) is 13.3 Å². The third kappa shape index (κ3) is 1.90. The molecule has 1 aromatic heterocycles. The topological polar surface area (TPSA) is 57.0 Å². The van der Waals surface area contributed by atoms with E-state index in [2.05, 4.69) is 10.2 Å². The molecular weight excluding hydrogens is 230 g/mol. The highest BCUT2D eigenvalue weighted by atomic mass is 35.5. The molecule has 0 spiro atoms. The van der Waals surface area contributed by atoms with Crippen molar-refractivity contribution in [3.63, 3.8) is 0 Å². The lowest BCUT2D eigenvalue weighted by atomic mass is 10.3. The van der Waals surface area contributed by atoms with E-state index < -0.39 is 0 Å². The molecule has 0 aliphatic rings. The largest absolute Gasteiger partial charge is 0.494 e. The van der Waals surface area contributed by atoms with Crippen molar-refractivity contribution in [2.24, 2.45) is 0 Å². The fourth-order valence-electron chi connectivity index (χ4n) is 1.26. The van der Waals surface area contributed by atoms with Gasteiger partial charge < -0.3 is 4.74 Å². The number of ether oxygens (including phenoxy) is 1. The van der Waals surface area contributed by atoms with E-state index in [1.54, 1.807) is 18.2 Å². The summed E-state index contributed by atoms with van der Waals surface area (Å²) < 4.78 is 5.15. The SMILES string of the molecule is COc1ccc(Cl)cc1-n1ncc(C=O)n1. The van der Waals surface area contributed by atoms with Crippen LogP contribution < -0.4 is 4.74 Å². The lowest BCUT2D eigenvalue weighted by Gasteiger charge is -2.06. The fraction of sp³-hybridized carbons (Fsp3) is 0.100. The second kappa shape index (κ2) is 4.32. The van der Waals surface area contributed by atoms with Crippen LogP contribution in [0.15, 0.2) is 24.4 Å². The summed E-state index contributed by atoms with van der Waals surface area (Å²) in [5.41, 5.74) is 0.838. The maximum absolute atomic E-state index is 10.5. The first kappa shape index (κ1) is 10.6. The average molecular weight is 238 g/mol. The monoisotopic (exact) mass is 237 g/mol. The van der Waals surface area contributed by atoms with Crippen LogP contribution in [0.4, 0.5) is 0 Å². The summed E-state index contributed by atoms with van der Waals surface area (Å²) in [6.07, 6.45) is 1.99. The number of carbonyl (C=O) groups is 1. The Morgan fingerprint density at radius 1 is 1.50 bits per heavy atom. The highest BCUT2D eigenvalue weighted by Crippen LogP contribution is 2.24. The highest BCUT2D eigenvalue weighted by Gasteiger charge is 2.09. The van der Waals surface area contributed by atoms with E-state index in [1.807, 2.05) is 0 Å². The zero-order valence-corrected chi connectivity index (χ0v) is 9.18. The molecule has 82 valence electrons. The molecule has 1 heterocycles. The van der Waals surface area contributed by atoms with Crippen molar-refractivity contribution in [1.29, 1.82) is 0 Å². The Bertz CT molecular complexity index is 525. The van der Waals surface area contributed by atoms with Gasteiger partial charge in [-0.2, -0.15) is 5.10 Å². The van der Waals surface area contributed by atoms with Gasteiger partial charge in [-0.15, -0.1) is 9.90 Å². The van der Waals surface area contributed by atoms with Gasteiger partial charge in [-0.1, -0.05) is 11.6 Å². The third-order valence-corrected chi connectivity index (χ3v) is 2.22. The van der Waals surface area contributed by atoms with Crippen molar-refractivity contribution in [2.75, 3.05) is 7.11 Å². The number of aldehydes is 1. The number of hydrogen-bond donors (Lipinski definition) is 0. The van der Waals surface area contributed by atoms with E-state index in [4.69, 9.17) is 16.3 Å².